The van der Waals surface area contributed by atoms with Crippen molar-refractivity contribution >= 4 is 29.1 Å². The molecule has 0 bridgehead atoms. The van der Waals surface area contributed by atoms with Crippen LogP contribution < -0.4 is 9.47 Å². The summed E-state index contributed by atoms with van der Waals surface area (Å²) in [4.78, 5) is 18.0. The van der Waals surface area contributed by atoms with E-state index in [4.69, 9.17) is 9.47 Å². The van der Waals surface area contributed by atoms with E-state index >= 15 is 0 Å². The summed E-state index contributed by atoms with van der Waals surface area (Å²) in [6.45, 7) is 0. The number of carboxylic acid groups (broad SMARTS) is 1. The molecule has 2 aromatic heterocycles. The van der Waals surface area contributed by atoms with Crippen molar-refractivity contribution in [3.63, 3.8) is 0 Å². The van der Waals surface area contributed by atoms with Gasteiger partial charge in [0.25, 0.3) is 0 Å². The lowest BCUT2D eigenvalue weighted by atomic mass is 10.1. The molecule has 4 aromatic rings. The summed E-state index contributed by atoms with van der Waals surface area (Å²) in [6, 6.07) is 15.4. The highest BCUT2D eigenvalue weighted by molar-refractivity contribution is 7.98. The van der Waals surface area contributed by atoms with Crippen molar-refractivity contribution in [1.82, 2.24) is 9.55 Å². The fourth-order valence-electron chi connectivity index (χ4n) is 4.43. The first-order chi connectivity index (χ1) is 17.5. The molecule has 0 saturated heterocycles. The lowest BCUT2D eigenvalue weighted by molar-refractivity contribution is 0.0697. The summed E-state index contributed by atoms with van der Waals surface area (Å²) in [5.41, 5.74) is 3.54. The molecular formula is C28H28N2O4S2. The van der Waals surface area contributed by atoms with Crippen LogP contribution in [0.2, 0.25) is 0 Å². The molecule has 186 valence electrons. The van der Waals surface area contributed by atoms with Crippen molar-refractivity contribution in [3.05, 3.63) is 72.1 Å². The minimum absolute atomic E-state index is 0.241. The minimum atomic E-state index is -0.924. The average molecular weight is 521 g/mol. The number of aromatic carboxylic acids is 1. The van der Waals surface area contributed by atoms with Crippen molar-refractivity contribution in [1.29, 1.82) is 0 Å². The molecule has 36 heavy (non-hydrogen) atoms. The van der Waals surface area contributed by atoms with E-state index < -0.39 is 5.97 Å². The van der Waals surface area contributed by atoms with E-state index in [2.05, 4.69) is 23.2 Å². The average Bonchev–Trinajstić information content (AvgIpc) is 3.64. The van der Waals surface area contributed by atoms with Gasteiger partial charge in [0.1, 0.15) is 0 Å². The number of aryl methyl sites for hydroxylation is 1. The van der Waals surface area contributed by atoms with Gasteiger partial charge in [-0.1, -0.05) is 23.9 Å². The van der Waals surface area contributed by atoms with E-state index in [9.17, 15) is 9.90 Å². The fourth-order valence-corrected chi connectivity index (χ4v) is 6.61. The van der Waals surface area contributed by atoms with Crippen LogP contribution in [0, 0.1) is 0 Å². The quantitative estimate of drug-likeness (QED) is 0.237. The van der Waals surface area contributed by atoms with Crippen LogP contribution >= 0.6 is 23.1 Å². The molecule has 1 saturated carbocycles. The maximum Gasteiger partial charge on any atom is 0.335 e. The van der Waals surface area contributed by atoms with Gasteiger partial charge in [-0.05, 0) is 78.8 Å². The Labute approximate surface area is 218 Å². The van der Waals surface area contributed by atoms with E-state index in [0.29, 0.717) is 0 Å². The maximum atomic E-state index is 11.3. The first-order valence-electron chi connectivity index (χ1n) is 11.9. The molecular weight excluding hydrogens is 492 g/mol. The summed E-state index contributed by atoms with van der Waals surface area (Å²) in [5.74, 6) is 1.36. The van der Waals surface area contributed by atoms with Crippen LogP contribution in [0.3, 0.4) is 0 Å². The van der Waals surface area contributed by atoms with Crippen molar-refractivity contribution in [2.45, 2.75) is 42.7 Å². The molecule has 2 aromatic carbocycles. The number of ether oxygens (including phenoxy) is 2. The zero-order valence-corrected chi connectivity index (χ0v) is 21.9. The van der Waals surface area contributed by atoms with Gasteiger partial charge in [-0.15, -0.1) is 11.3 Å². The number of nitrogens with zero attached hydrogens (tertiary/aromatic N) is 2. The van der Waals surface area contributed by atoms with Crippen LogP contribution in [-0.2, 0) is 12.8 Å². The van der Waals surface area contributed by atoms with Crippen LogP contribution in [0.1, 0.15) is 41.6 Å². The highest BCUT2D eigenvalue weighted by atomic mass is 32.2. The first kappa shape index (κ1) is 24.5. The zero-order valence-electron chi connectivity index (χ0n) is 20.3. The third-order valence-corrected chi connectivity index (χ3v) is 8.76. The molecule has 1 N–H and O–H groups in total. The predicted molar refractivity (Wildman–Crippen MR) is 144 cm³/mol. The molecule has 0 spiro atoms. The lowest BCUT2D eigenvalue weighted by Crippen LogP contribution is -2.11. The van der Waals surface area contributed by atoms with Gasteiger partial charge in [0.15, 0.2) is 16.7 Å². The maximum absolute atomic E-state index is 11.3. The first-order valence-corrected chi connectivity index (χ1v) is 13.7. The molecule has 0 amide bonds. The summed E-state index contributed by atoms with van der Waals surface area (Å²) in [6.07, 6.45) is 8.56. The molecule has 6 nitrogen and oxygen atoms in total. The van der Waals surface area contributed by atoms with Gasteiger partial charge in [0.05, 0.1) is 18.8 Å². The van der Waals surface area contributed by atoms with Gasteiger partial charge < -0.3 is 19.1 Å². The third-order valence-electron chi connectivity index (χ3n) is 6.38. The third kappa shape index (κ3) is 5.29. The van der Waals surface area contributed by atoms with Crippen LogP contribution in [0.15, 0.2) is 66.1 Å². The van der Waals surface area contributed by atoms with Gasteiger partial charge in [-0.3, -0.25) is 0 Å². The molecule has 5 rings (SSSR count). The molecule has 0 unspecified atom stereocenters. The summed E-state index contributed by atoms with van der Waals surface area (Å²) < 4.78 is 13.9. The zero-order chi connectivity index (χ0) is 25.1. The number of thiophene rings is 1. The standard InChI is InChI=1S/C28H28N2O4S2/c1-30-14-13-29-28(30)35-17-21-16-25(36-26(21)18-7-9-19(10-8-18)27(31)32)20-11-12-23(33-2)24(15-20)34-22-5-3-4-6-22/h7-16,22H,3-6,17H2,1-2H3,(H,31,32). The molecule has 2 heterocycles. The summed E-state index contributed by atoms with van der Waals surface area (Å²) >= 11 is 3.38. The van der Waals surface area contributed by atoms with Crippen molar-refractivity contribution in [2.24, 2.45) is 7.05 Å². The monoisotopic (exact) mass is 520 g/mol. The van der Waals surface area contributed by atoms with Gasteiger partial charge in [-0.25, -0.2) is 9.78 Å². The van der Waals surface area contributed by atoms with Crippen molar-refractivity contribution < 1.29 is 19.4 Å². The molecule has 8 heteroatoms. The van der Waals surface area contributed by atoms with Gasteiger partial charge in [0, 0.05) is 34.9 Å². The van der Waals surface area contributed by atoms with Crippen LogP contribution in [0.5, 0.6) is 11.5 Å². The van der Waals surface area contributed by atoms with Crippen LogP contribution in [0.25, 0.3) is 20.9 Å². The fraction of sp³-hybridized carbons (Fsp3) is 0.286. The Balaban J connectivity index is 1.50. The molecule has 1 fully saturated rings. The number of imidazole rings is 1. The smallest absolute Gasteiger partial charge is 0.335 e. The number of methoxy groups -OCH3 is 1. The Bertz CT molecular complexity index is 1350. The Hall–Kier alpha value is -3.23. The number of aromatic nitrogens is 2. The molecule has 0 radical (unpaired) electrons. The Morgan fingerprint density at radius 2 is 1.86 bits per heavy atom. The molecule has 0 atom stereocenters. The van der Waals surface area contributed by atoms with E-state index in [-0.39, 0.29) is 11.7 Å². The van der Waals surface area contributed by atoms with Gasteiger partial charge in [-0.2, -0.15) is 0 Å². The number of carboxylic acids is 1. The van der Waals surface area contributed by atoms with E-state index in [0.717, 1.165) is 56.1 Å². The second kappa shape index (κ2) is 10.8. The second-order valence-corrected chi connectivity index (χ2v) is 10.8. The second-order valence-electron chi connectivity index (χ2n) is 8.85. The van der Waals surface area contributed by atoms with Gasteiger partial charge >= 0.3 is 5.97 Å². The predicted octanol–water partition coefficient (Wildman–Crippen LogP) is 7.14. The lowest BCUT2D eigenvalue weighted by Gasteiger charge is -2.16. The summed E-state index contributed by atoms with van der Waals surface area (Å²) in [7, 11) is 3.66. The Morgan fingerprint density at radius 1 is 1.11 bits per heavy atom. The molecule has 1 aliphatic carbocycles. The number of rotatable bonds is 9. The number of thioether (sulfide) groups is 1. The van der Waals surface area contributed by atoms with Crippen molar-refractivity contribution in [2.75, 3.05) is 7.11 Å². The number of carbonyl (C=O) groups is 1. The molecule has 0 aliphatic heterocycles. The highest BCUT2D eigenvalue weighted by Crippen LogP contribution is 2.43. The van der Waals surface area contributed by atoms with E-state index in [1.165, 1.54) is 18.4 Å². The van der Waals surface area contributed by atoms with Crippen molar-refractivity contribution in [3.8, 4) is 32.4 Å². The molecule has 1 aliphatic rings. The number of hydrogen-bond acceptors (Lipinski definition) is 6. The van der Waals surface area contributed by atoms with Crippen LogP contribution in [0.4, 0.5) is 0 Å². The largest absolute Gasteiger partial charge is 0.493 e. The normalized spacial score (nSPS) is 13.7. The highest BCUT2D eigenvalue weighted by Gasteiger charge is 2.20. The van der Waals surface area contributed by atoms with E-state index in [1.54, 1.807) is 48.5 Å². The number of benzene rings is 2. The topological polar surface area (TPSA) is 73.6 Å². The number of hydrogen-bond donors (Lipinski definition) is 1. The Morgan fingerprint density at radius 3 is 2.53 bits per heavy atom. The summed E-state index contributed by atoms with van der Waals surface area (Å²) in [5, 5.41) is 10.3. The SMILES string of the molecule is COc1ccc(-c2cc(CSc3nccn3C)c(-c3ccc(C(=O)O)cc3)s2)cc1OC1CCCC1. The Kier molecular flexibility index (Phi) is 7.34. The minimum Gasteiger partial charge on any atom is -0.493 e. The van der Waals surface area contributed by atoms with Gasteiger partial charge in [0.2, 0.25) is 0 Å². The van der Waals surface area contributed by atoms with Crippen LogP contribution in [-0.4, -0.2) is 33.8 Å². The van der Waals surface area contributed by atoms with E-state index in [1.807, 2.05) is 36.0 Å².